The van der Waals surface area contributed by atoms with Gasteiger partial charge < -0.3 is 26.5 Å². The van der Waals surface area contributed by atoms with Crippen LogP contribution < -0.4 is 22.2 Å². The quantitative estimate of drug-likeness (QED) is 0.288. The zero-order chi connectivity index (χ0) is 26.2. The van der Waals surface area contributed by atoms with E-state index in [9.17, 15) is 14.4 Å². The van der Waals surface area contributed by atoms with Crippen molar-refractivity contribution < 1.29 is 18.7 Å². The number of pyridine rings is 1. The van der Waals surface area contributed by atoms with Gasteiger partial charge in [0.05, 0.1) is 12.1 Å². The number of aromatic amines is 1. The molecule has 1 aromatic heterocycles. The molecule has 2 aromatic carbocycles. The van der Waals surface area contributed by atoms with Crippen LogP contribution in [0.1, 0.15) is 53.6 Å². The molecule has 0 aliphatic heterocycles. The molecule has 2 unspecified atom stereocenters. The lowest BCUT2D eigenvalue weighted by atomic mass is 9.86. The van der Waals surface area contributed by atoms with Crippen LogP contribution in [0.2, 0.25) is 5.02 Å². The number of ether oxygens (including phenoxy) is 1. The van der Waals surface area contributed by atoms with Gasteiger partial charge in [0, 0.05) is 29.1 Å². The molecule has 0 saturated heterocycles. The number of hydrogen-bond acceptors (Lipinski definition) is 6. The van der Waals surface area contributed by atoms with Gasteiger partial charge in [-0.3, -0.25) is 14.4 Å². The number of benzene rings is 2. The lowest BCUT2D eigenvalue weighted by Crippen LogP contribution is -2.38. The van der Waals surface area contributed by atoms with E-state index in [-0.39, 0.29) is 29.6 Å². The molecule has 1 amide bonds. The summed E-state index contributed by atoms with van der Waals surface area (Å²) in [4.78, 5) is 41.1. The van der Waals surface area contributed by atoms with E-state index in [1.54, 1.807) is 24.3 Å². The Balaban J connectivity index is 1.94. The van der Waals surface area contributed by atoms with Crippen LogP contribution in [0, 0.1) is 5.82 Å². The average Bonchev–Trinajstić information content (AvgIpc) is 2.87. The first-order chi connectivity index (χ1) is 17.3. The number of halogens is 2. The molecule has 0 spiro atoms. The lowest BCUT2D eigenvalue weighted by Gasteiger charge is -2.23. The summed E-state index contributed by atoms with van der Waals surface area (Å²) in [6, 6.07) is 8.55. The molecule has 6 N–H and O–H groups in total. The van der Waals surface area contributed by atoms with Crippen LogP contribution in [0.15, 0.2) is 47.4 Å². The molecule has 3 aromatic rings. The number of rotatable bonds is 11. The molecule has 10 heteroatoms. The molecule has 1 heterocycles. The first kappa shape index (κ1) is 27.3. The molecule has 3 rings (SSSR count). The summed E-state index contributed by atoms with van der Waals surface area (Å²) in [6.07, 6.45) is 2.74. The van der Waals surface area contributed by atoms with Gasteiger partial charge >= 0.3 is 5.97 Å². The normalized spacial score (nSPS) is 12.8. The van der Waals surface area contributed by atoms with Gasteiger partial charge in [0.15, 0.2) is 0 Å². The second kappa shape index (κ2) is 12.6. The minimum absolute atomic E-state index is 0.0176. The van der Waals surface area contributed by atoms with Gasteiger partial charge in [-0.25, -0.2) is 4.39 Å². The van der Waals surface area contributed by atoms with Gasteiger partial charge in [-0.15, -0.1) is 0 Å². The van der Waals surface area contributed by atoms with Crippen LogP contribution in [0.4, 0.5) is 4.39 Å². The first-order valence-electron chi connectivity index (χ1n) is 11.8. The Kier molecular flexibility index (Phi) is 9.58. The highest BCUT2D eigenvalue weighted by Gasteiger charge is 2.28. The molecular formula is C26H30ClFN4O4. The Bertz CT molecular complexity index is 1280. The Labute approximate surface area is 213 Å². The van der Waals surface area contributed by atoms with Crippen LogP contribution in [0.5, 0.6) is 0 Å². The largest absolute Gasteiger partial charge is 0.465 e. The first-order valence-corrected chi connectivity index (χ1v) is 12.1. The van der Waals surface area contributed by atoms with Crippen molar-refractivity contribution in [3.05, 3.63) is 80.3 Å². The molecular weight excluding hydrogens is 487 g/mol. The molecule has 192 valence electrons. The zero-order valence-electron chi connectivity index (χ0n) is 20.0. The van der Waals surface area contributed by atoms with E-state index >= 15 is 4.39 Å². The molecule has 0 aliphatic carbocycles. The van der Waals surface area contributed by atoms with Gasteiger partial charge in [0.1, 0.15) is 17.4 Å². The fraction of sp³-hybridized carbons (Fsp3) is 0.346. The fourth-order valence-electron chi connectivity index (χ4n) is 3.93. The number of carbonyl (C=O) groups excluding carboxylic acids is 2. The van der Waals surface area contributed by atoms with Crippen molar-refractivity contribution in [2.24, 2.45) is 11.5 Å². The highest BCUT2D eigenvalue weighted by molar-refractivity contribution is 6.30. The van der Waals surface area contributed by atoms with Gasteiger partial charge in [0.2, 0.25) is 5.43 Å². The van der Waals surface area contributed by atoms with Gasteiger partial charge in [-0.05, 0) is 61.2 Å². The number of nitrogens with one attached hydrogen (secondary N) is 2. The van der Waals surface area contributed by atoms with E-state index in [4.69, 9.17) is 27.8 Å². The summed E-state index contributed by atoms with van der Waals surface area (Å²) >= 11 is 5.88. The third kappa shape index (κ3) is 6.48. The second-order valence-corrected chi connectivity index (χ2v) is 8.93. The number of fused-ring (bicyclic) bond motifs is 1. The average molecular weight is 517 g/mol. The molecule has 0 fully saturated rings. The maximum atomic E-state index is 15.0. The van der Waals surface area contributed by atoms with E-state index in [2.05, 4.69) is 10.3 Å². The van der Waals surface area contributed by atoms with E-state index in [0.717, 1.165) is 5.56 Å². The van der Waals surface area contributed by atoms with Crippen LogP contribution in [-0.2, 0) is 16.1 Å². The molecule has 2 atom stereocenters. The second-order valence-electron chi connectivity index (χ2n) is 8.50. The van der Waals surface area contributed by atoms with Crippen LogP contribution in [0.3, 0.4) is 0 Å². The van der Waals surface area contributed by atoms with Crippen molar-refractivity contribution in [1.29, 1.82) is 0 Å². The highest BCUT2D eigenvalue weighted by atomic mass is 35.5. The maximum absolute atomic E-state index is 15.0. The number of hydrogen-bond donors (Lipinski definition) is 4. The van der Waals surface area contributed by atoms with E-state index in [1.807, 2.05) is 6.92 Å². The fourth-order valence-corrected chi connectivity index (χ4v) is 4.05. The topological polar surface area (TPSA) is 140 Å². The summed E-state index contributed by atoms with van der Waals surface area (Å²) in [7, 11) is 0. The summed E-state index contributed by atoms with van der Waals surface area (Å²) in [5, 5.41) is 3.23. The van der Waals surface area contributed by atoms with Crippen molar-refractivity contribution in [1.82, 2.24) is 10.3 Å². The minimum atomic E-state index is -1.06. The van der Waals surface area contributed by atoms with Crippen molar-refractivity contribution in [2.45, 2.75) is 44.7 Å². The van der Waals surface area contributed by atoms with Gasteiger partial charge in [-0.2, -0.15) is 0 Å². The molecule has 36 heavy (non-hydrogen) atoms. The molecule has 0 radical (unpaired) electrons. The zero-order valence-corrected chi connectivity index (χ0v) is 20.7. The van der Waals surface area contributed by atoms with Crippen LogP contribution in [-0.4, -0.2) is 36.1 Å². The number of amides is 1. The predicted molar refractivity (Wildman–Crippen MR) is 137 cm³/mol. The third-order valence-electron chi connectivity index (χ3n) is 5.88. The number of H-pyrrole nitrogens is 1. The van der Waals surface area contributed by atoms with E-state index in [0.29, 0.717) is 36.4 Å². The summed E-state index contributed by atoms with van der Waals surface area (Å²) < 4.78 is 20.2. The molecule has 8 nitrogen and oxygen atoms in total. The van der Waals surface area contributed by atoms with Gasteiger partial charge in [-0.1, -0.05) is 30.7 Å². The van der Waals surface area contributed by atoms with Crippen molar-refractivity contribution in [3.63, 3.8) is 0 Å². The Morgan fingerprint density at radius 1 is 1.22 bits per heavy atom. The SMILES string of the molecule is CCCOC(=O)C(N)C(CCCN)c1cc(F)c2[nH]cc(C(=O)NCc3ccc(Cl)cc3)c(=O)c2c1. The predicted octanol–water partition coefficient (Wildman–Crippen LogP) is 3.35. The number of aromatic nitrogens is 1. The standard InChI is InChI=1S/C26H30ClFN4O4/c1-2-10-36-26(35)22(30)18(4-3-9-29)16-11-19-23(21(28)12-16)31-14-20(24(19)33)25(34)32-13-15-5-7-17(27)8-6-15/h5-8,11-12,14,18,22H,2-4,9-10,13,29-30H2,1H3,(H,31,33)(H,32,34). The Morgan fingerprint density at radius 3 is 2.61 bits per heavy atom. The molecule has 0 aliphatic rings. The van der Waals surface area contributed by atoms with Crippen LogP contribution in [0.25, 0.3) is 10.9 Å². The Morgan fingerprint density at radius 2 is 1.94 bits per heavy atom. The van der Waals surface area contributed by atoms with Crippen molar-refractivity contribution in [3.8, 4) is 0 Å². The van der Waals surface area contributed by atoms with Crippen molar-refractivity contribution in [2.75, 3.05) is 13.2 Å². The lowest BCUT2D eigenvalue weighted by molar-refractivity contribution is -0.145. The molecule has 0 saturated carbocycles. The van der Waals surface area contributed by atoms with E-state index in [1.165, 1.54) is 18.3 Å². The minimum Gasteiger partial charge on any atom is -0.465 e. The van der Waals surface area contributed by atoms with Crippen LogP contribution >= 0.6 is 11.6 Å². The van der Waals surface area contributed by atoms with Crippen molar-refractivity contribution >= 4 is 34.4 Å². The molecule has 0 bridgehead atoms. The summed E-state index contributed by atoms with van der Waals surface area (Å²) in [6.45, 7) is 2.61. The van der Waals surface area contributed by atoms with E-state index < -0.39 is 35.1 Å². The summed E-state index contributed by atoms with van der Waals surface area (Å²) in [5.41, 5.74) is 12.1. The smallest absolute Gasteiger partial charge is 0.323 e. The number of esters is 1. The summed E-state index contributed by atoms with van der Waals surface area (Å²) in [5.74, 6) is -2.54. The highest BCUT2D eigenvalue weighted by Crippen LogP contribution is 2.28. The maximum Gasteiger partial charge on any atom is 0.323 e. The number of nitrogens with two attached hydrogens (primary N) is 2. The monoisotopic (exact) mass is 516 g/mol. The third-order valence-corrected chi connectivity index (χ3v) is 6.13. The number of carbonyl (C=O) groups is 2. The van der Waals surface area contributed by atoms with Gasteiger partial charge in [0.25, 0.3) is 5.91 Å². The Hall–Kier alpha value is -3.27.